The highest BCUT2D eigenvalue weighted by molar-refractivity contribution is 6.34. The van der Waals surface area contributed by atoms with Crippen LogP contribution < -0.4 is 4.90 Å². The van der Waals surface area contributed by atoms with Crippen LogP contribution in [0.2, 0.25) is 5.02 Å². The second kappa shape index (κ2) is 6.76. The topological polar surface area (TPSA) is 77.9 Å². The number of nitrogens with zero attached hydrogens (tertiary/aromatic N) is 2. The summed E-state index contributed by atoms with van der Waals surface area (Å²) in [5, 5.41) is 9.77. The van der Waals surface area contributed by atoms with Crippen molar-refractivity contribution in [3.05, 3.63) is 29.0 Å². The second-order valence-electron chi connectivity index (χ2n) is 5.77. The van der Waals surface area contributed by atoms with Crippen LogP contribution in [0.5, 0.6) is 0 Å². The van der Waals surface area contributed by atoms with Crippen molar-refractivity contribution in [2.24, 2.45) is 0 Å². The van der Waals surface area contributed by atoms with E-state index in [-0.39, 0.29) is 42.5 Å². The van der Waals surface area contributed by atoms with Gasteiger partial charge in [0, 0.05) is 26.9 Å². The lowest BCUT2D eigenvalue weighted by Crippen LogP contribution is -2.62. The molecule has 1 fully saturated rings. The van der Waals surface area contributed by atoms with E-state index in [1.807, 2.05) is 0 Å². The van der Waals surface area contributed by atoms with Crippen LogP contribution in [0, 0.1) is 5.82 Å². The molecule has 8 heteroatoms. The first-order valence-corrected chi connectivity index (χ1v) is 7.82. The van der Waals surface area contributed by atoms with Gasteiger partial charge in [-0.25, -0.2) is 9.18 Å². The maximum atomic E-state index is 14.3. The largest absolute Gasteiger partial charge is 0.479 e. The van der Waals surface area contributed by atoms with Crippen LogP contribution in [-0.4, -0.2) is 46.4 Å². The average Bonchev–Trinajstić information content (AvgIpc) is 2.50. The highest BCUT2D eigenvalue weighted by Gasteiger charge is 2.50. The third kappa shape index (κ3) is 3.08. The van der Waals surface area contributed by atoms with Crippen molar-refractivity contribution in [2.45, 2.75) is 32.2 Å². The standard InChI is InChI=1S/C16H18ClFN2O4/c1-10(21)19-8-6-16(7-9-19,15(23)24)20(11(2)22)14-12(17)4-3-5-13(14)18/h3-5H,6-9H2,1-2H3,(H,23,24). The van der Waals surface area contributed by atoms with Crippen molar-refractivity contribution in [1.29, 1.82) is 0 Å². The number of para-hydroxylation sites is 1. The lowest BCUT2D eigenvalue weighted by molar-refractivity contribution is -0.149. The van der Waals surface area contributed by atoms with E-state index < -0.39 is 23.2 Å². The quantitative estimate of drug-likeness (QED) is 0.901. The molecule has 1 heterocycles. The average molecular weight is 357 g/mol. The minimum atomic E-state index is -1.65. The lowest BCUT2D eigenvalue weighted by Gasteiger charge is -2.45. The number of carboxylic acids is 1. The Bertz CT molecular complexity index is 666. The molecule has 6 nitrogen and oxygen atoms in total. The van der Waals surface area contributed by atoms with Gasteiger partial charge in [-0.15, -0.1) is 0 Å². The molecule has 130 valence electrons. The number of likely N-dealkylation sites (tertiary alicyclic amines) is 1. The van der Waals surface area contributed by atoms with Crippen molar-refractivity contribution in [1.82, 2.24) is 4.90 Å². The van der Waals surface area contributed by atoms with Crippen molar-refractivity contribution in [2.75, 3.05) is 18.0 Å². The summed E-state index contributed by atoms with van der Waals surface area (Å²) in [6, 6.07) is 3.90. The van der Waals surface area contributed by atoms with Crippen LogP contribution in [-0.2, 0) is 14.4 Å². The van der Waals surface area contributed by atoms with E-state index in [4.69, 9.17) is 11.6 Å². The molecule has 0 spiro atoms. The fourth-order valence-corrected chi connectivity index (χ4v) is 3.35. The summed E-state index contributed by atoms with van der Waals surface area (Å²) in [6.07, 6.45) is -0.0156. The number of carboxylic acid groups (broad SMARTS) is 1. The summed E-state index contributed by atoms with van der Waals surface area (Å²) in [5.74, 6) is -2.82. The Labute approximate surface area is 143 Å². The molecule has 0 aliphatic carbocycles. The number of anilines is 1. The van der Waals surface area contributed by atoms with Crippen molar-refractivity contribution in [3.63, 3.8) is 0 Å². The number of hydrogen-bond donors (Lipinski definition) is 1. The van der Waals surface area contributed by atoms with E-state index in [9.17, 15) is 23.9 Å². The number of rotatable bonds is 3. The van der Waals surface area contributed by atoms with Gasteiger partial charge >= 0.3 is 5.97 Å². The number of hydrogen-bond acceptors (Lipinski definition) is 3. The van der Waals surface area contributed by atoms with E-state index in [1.165, 1.54) is 30.9 Å². The summed E-state index contributed by atoms with van der Waals surface area (Å²) in [6.45, 7) is 2.89. The van der Waals surface area contributed by atoms with Gasteiger partial charge in [-0.1, -0.05) is 17.7 Å². The van der Waals surface area contributed by atoms with Gasteiger partial charge in [0.15, 0.2) is 0 Å². The lowest BCUT2D eigenvalue weighted by atomic mass is 9.84. The van der Waals surface area contributed by atoms with Crippen LogP contribution in [0.15, 0.2) is 18.2 Å². The third-order valence-corrected chi connectivity index (χ3v) is 4.64. The summed E-state index contributed by atoms with van der Waals surface area (Å²) >= 11 is 6.04. The fraction of sp³-hybridized carbons (Fsp3) is 0.438. The van der Waals surface area contributed by atoms with E-state index >= 15 is 0 Å². The van der Waals surface area contributed by atoms with Gasteiger partial charge in [-0.2, -0.15) is 0 Å². The summed E-state index contributed by atoms with van der Waals surface area (Å²) in [7, 11) is 0. The molecular formula is C16H18ClFN2O4. The Morgan fingerprint density at radius 3 is 2.25 bits per heavy atom. The van der Waals surface area contributed by atoms with Crippen molar-refractivity contribution < 1.29 is 23.9 Å². The predicted octanol–water partition coefficient (Wildman–Crippen LogP) is 2.30. The Morgan fingerprint density at radius 2 is 1.83 bits per heavy atom. The molecule has 2 amide bonds. The highest BCUT2D eigenvalue weighted by atomic mass is 35.5. The molecule has 0 bridgehead atoms. The second-order valence-corrected chi connectivity index (χ2v) is 6.17. The van der Waals surface area contributed by atoms with Gasteiger partial charge in [0.2, 0.25) is 11.8 Å². The van der Waals surface area contributed by atoms with E-state index in [1.54, 1.807) is 0 Å². The molecule has 1 aromatic carbocycles. The molecule has 1 N–H and O–H groups in total. The molecule has 0 saturated carbocycles. The molecule has 0 unspecified atom stereocenters. The van der Waals surface area contributed by atoms with Gasteiger partial charge in [0.25, 0.3) is 0 Å². The van der Waals surface area contributed by atoms with Crippen LogP contribution >= 0.6 is 11.6 Å². The van der Waals surface area contributed by atoms with E-state index in [2.05, 4.69) is 0 Å². The van der Waals surface area contributed by atoms with Gasteiger partial charge in [0.05, 0.1) is 10.7 Å². The number of halogens is 2. The Balaban J connectivity index is 2.53. The first-order chi connectivity index (χ1) is 11.2. The first-order valence-electron chi connectivity index (χ1n) is 7.44. The fourth-order valence-electron chi connectivity index (χ4n) is 3.10. The van der Waals surface area contributed by atoms with Gasteiger partial charge in [-0.05, 0) is 25.0 Å². The molecule has 0 aromatic heterocycles. The number of aliphatic carboxylic acids is 1. The highest BCUT2D eigenvalue weighted by Crippen LogP contribution is 2.39. The van der Waals surface area contributed by atoms with Crippen LogP contribution in [0.3, 0.4) is 0 Å². The molecule has 1 aliphatic rings. The number of carbonyl (C=O) groups is 3. The van der Waals surface area contributed by atoms with Crippen LogP contribution in [0.25, 0.3) is 0 Å². The van der Waals surface area contributed by atoms with Crippen LogP contribution in [0.1, 0.15) is 26.7 Å². The minimum Gasteiger partial charge on any atom is -0.479 e. The SMILES string of the molecule is CC(=O)N1CCC(C(=O)O)(N(C(C)=O)c2c(F)cccc2Cl)CC1. The monoisotopic (exact) mass is 356 g/mol. The summed E-state index contributed by atoms with van der Waals surface area (Å²) in [5.41, 5.74) is -1.89. The zero-order chi connectivity index (χ0) is 18.1. The molecule has 0 radical (unpaired) electrons. The van der Waals surface area contributed by atoms with Gasteiger partial charge in [0.1, 0.15) is 11.4 Å². The van der Waals surface area contributed by atoms with Crippen LogP contribution in [0.4, 0.5) is 10.1 Å². The molecule has 1 saturated heterocycles. The molecule has 24 heavy (non-hydrogen) atoms. The molecule has 2 rings (SSSR count). The Hall–Kier alpha value is -2.15. The number of amides is 2. The van der Waals surface area contributed by atoms with Gasteiger partial charge in [-0.3, -0.25) is 14.5 Å². The maximum Gasteiger partial charge on any atom is 0.330 e. The van der Waals surface area contributed by atoms with E-state index in [0.717, 1.165) is 11.0 Å². The summed E-state index contributed by atoms with van der Waals surface area (Å²) in [4.78, 5) is 38.2. The zero-order valence-corrected chi connectivity index (χ0v) is 14.1. The smallest absolute Gasteiger partial charge is 0.330 e. The van der Waals surface area contributed by atoms with E-state index in [0.29, 0.717) is 0 Å². The van der Waals surface area contributed by atoms with Gasteiger partial charge < -0.3 is 10.0 Å². The van der Waals surface area contributed by atoms with Crippen molar-refractivity contribution in [3.8, 4) is 0 Å². The number of carbonyl (C=O) groups excluding carboxylic acids is 2. The summed E-state index contributed by atoms with van der Waals surface area (Å²) < 4.78 is 14.3. The minimum absolute atomic E-state index is 0.00778. The zero-order valence-electron chi connectivity index (χ0n) is 13.4. The first kappa shape index (κ1) is 18.2. The number of piperidine rings is 1. The maximum absolute atomic E-state index is 14.3. The third-order valence-electron chi connectivity index (χ3n) is 4.34. The Kier molecular flexibility index (Phi) is 5.13. The predicted molar refractivity (Wildman–Crippen MR) is 86.4 cm³/mol. The molecular weight excluding hydrogens is 339 g/mol. The molecule has 0 atom stereocenters. The molecule has 1 aromatic rings. The normalized spacial score (nSPS) is 16.6. The Morgan fingerprint density at radius 1 is 1.25 bits per heavy atom. The van der Waals surface area contributed by atoms with Crippen molar-refractivity contribution >= 4 is 35.1 Å². The number of benzene rings is 1. The molecule has 1 aliphatic heterocycles.